The Kier molecular flexibility index (Phi) is 6.03. The molecule has 0 saturated carbocycles. The fourth-order valence-corrected chi connectivity index (χ4v) is 2.29. The van der Waals surface area contributed by atoms with Gasteiger partial charge in [0.05, 0.1) is 12.2 Å². The standard InChI is InChI=1S/C20H20O6/c1-12(11-21)2-6-15-18(24)9-7-16(20(15)26)17(23)8-4-13-3-5-14(22)10-19(13)25/h2-5,7-10,21-22,24-26H,6,11H2,1H3/b8-4+,12-2+. The van der Waals surface area contributed by atoms with Gasteiger partial charge in [0.25, 0.3) is 0 Å². The first-order valence-electron chi connectivity index (χ1n) is 7.88. The Labute approximate surface area is 150 Å². The first kappa shape index (κ1) is 19.1. The van der Waals surface area contributed by atoms with E-state index in [0.29, 0.717) is 11.1 Å². The Balaban J connectivity index is 2.30. The van der Waals surface area contributed by atoms with Crippen molar-refractivity contribution in [3.8, 4) is 23.0 Å². The van der Waals surface area contributed by atoms with Crippen LogP contribution in [0.25, 0.3) is 6.08 Å². The van der Waals surface area contributed by atoms with Crippen LogP contribution in [-0.4, -0.2) is 37.9 Å². The number of hydrogen-bond donors (Lipinski definition) is 5. The first-order valence-corrected chi connectivity index (χ1v) is 7.88. The minimum absolute atomic E-state index is 0.00219. The van der Waals surface area contributed by atoms with Crippen molar-refractivity contribution in [2.24, 2.45) is 0 Å². The van der Waals surface area contributed by atoms with Crippen LogP contribution in [0.5, 0.6) is 23.0 Å². The van der Waals surface area contributed by atoms with E-state index in [1.54, 1.807) is 13.0 Å². The predicted octanol–water partition coefficient (Wildman–Crippen LogP) is 2.89. The van der Waals surface area contributed by atoms with Crippen molar-refractivity contribution in [2.45, 2.75) is 13.3 Å². The van der Waals surface area contributed by atoms with Crippen LogP contribution < -0.4 is 0 Å². The highest BCUT2D eigenvalue weighted by Gasteiger charge is 2.15. The second-order valence-corrected chi connectivity index (χ2v) is 5.81. The van der Waals surface area contributed by atoms with Gasteiger partial charge in [-0.2, -0.15) is 0 Å². The number of phenolic OH excluding ortho intramolecular Hbond substituents is 4. The molecule has 2 rings (SSSR count). The van der Waals surface area contributed by atoms with E-state index >= 15 is 0 Å². The lowest BCUT2D eigenvalue weighted by molar-refractivity contribution is 0.104. The minimum Gasteiger partial charge on any atom is -0.508 e. The molecule has 5 N–H and O–H groups in total. The summed E-state index contributed by atoms with van der Waals surface area (Å²) in [4.78, 5) is 12.4. The smallest absolute Gasteiger partial charge is 0.189 e. The van der Waals surface area contributed by atoms with Crippen molar-refractivity contribution in [2.75, 3.05) is 6.61 Å². The van der Waals surface area contributed by atoms with Crippen molar-refractivity contribution in [1.29, 1.82) is 0 Å². The lowest BCUT2D eigenvalue weighted by Crippen LogP contribution is -1.98. The van der Waals surface area contributed by atoms with Gasteiger partial charge in [0, 0.05) is 17.2 Å². The molecule has 0 bridgehead atoms. The monoisotopic (exact) mass is 356 g/mol. The van der Waals surface area contributed by atoms with E-state index in [0.717, 1.165) is 6.07 Å². The summed E-state index contributed by atoms with van der Waals surface area (Å²) < 4.78 is 0. The minimum atomic E-state index is -0.515. The molecule has 6 heteroatoms. The number of aliphatic hydroxyl groups excluding tert-OH is 1. The highest BCUT2D eigenvalue weighted by atomic mass is 16.3. The topological polar surface area (TPSA) is 118 Å². The molecule has 26 heavy (non-hydrogen) atoms. The Hall–Kier alpha value is -3.25. The zero-order chi connectivity index (χ0) is 19.3. The SMILES string of the molecule is C/C(=C\Cc1c(O)ccc(C(=O)/C=C/c2ccc(O)cc2O)c1O)CO. The molecular weight excluding hydrogens is 336 g/mol. The van der Waals surface area contributed by atoms with Crippen molar-refractivity contribution in [1.82, 2.24) is 0 Å². The van der Waals surface area contributed by atoms with Gasteiger partial charge in [-0.15, -0.1) is 0 Å². The summed E-state index contributed by atoms with van der Waals surface area (Å²) in [6, 6.07) is 6.58. The molecule has 0 unspecified atom stereocenters. The largest absolute Gasteiger partial charge is 0.508 e. The maximum absolute atomic E-state index is 12.4. The summed E-state index contributed by atoms with van der Waals surface area (Å²) in [5.74, 6) is -1.29. The molecule has 0 fully saturated rings. The fraction of sp³-hybridized carbons (Fsp3) is 0.150. The third kappa shape index (κ3) is 4.43. The fourth-order valence-electron chi connectivity index (χ4n) is 2.29. The number of phenols is 4. The molecule has 0 spiro atoms. The lowest BCUT2D eigenvalue weighted by Gasteiger charge is -2.09. The van der Waals surface area contributed by atoms with Gasteiger partial charge in [0.1, 0.15) is 23.0 Å². The molecule has 6 nitrogen and oxygen atoms in total. The van der Waals surface area contributed by atoms with Gasteiger partial charge in [-0.1, -0.05) is 11.6 Å². The van der Waals surface area contributed by atoms with E-state index in [1.165, 1.54) is 36.4 Å². The molecule has 2 aromatic rings. The van der Waals surface area contributed by atoms with E-state index in [4.69, 9.17) is 5.11 Å². The van der Waals surface area contributed by atoms with Crippen molar-refractivity contribution in [3.63, 3.8) is 0 Å². The van der Waals surface area contributed by atoms with Crippen LogP contribution in [0, 0.1) is 0 Å². The summed E-state index contributed by atoms with van der Waals surface area (Å²) in [6.07, 6.45) is 4.34. The van der Waals surface area contributed by atoms with Gasteiger partial charge in [0.15, 0.2) is 5.78 Å². The van der Waals surface area contributed by atoms with E-state index in [2.05, 4.69) is 0 Å². The Bertz CT molecular complexity index is 880. The van der Waals surface area contributed by atoms with Crippen LogP contribution in [0.4, 0.5) is 0 Å². The van der Waals surface area contributed by atoms with Crippen molar-refractivity contribution >= 4 is 11.9 Å². The number of carbonyl (C=O) groups excluding carboxylic acids is 1. The first-order chi connectivity index (χ1) is 12.3. The highest BCUT2D eigenvalue weighted by molar-refractivity contribution is 6.09. The molecule has 0 amide bonds. The van der Waals surface area contributed by atoms with Gasteiger partial charge < -0.3 is 25.5 Å². The maximum atomic E-state index is 12.4. The van der Waals surface area contributed by atoms with Crippen LogP contribution in [0.15, 0.2) is 48.1 Å². The van der Waals surface area contributed by atoms with Gasteiger partial charge in [-0.05, 0) is 49.8 Å². The molecule has 0 radical (unpaired) electrons. The third-order valence-corrected chi connectivity index (χ3v) is 3.86. The number of allylic oxidation sites excluding steroid dienone is 2. The van der Waals surface area contributed by atoms with Gasteiger partial charge in [-0.3, -0.25) is 4.79 Å². The average Bonchev–Trinajstić information content (AvgIpc) is 2.60. The number of benzene rings is 2. The molecule has 2 aromatic carbocycles. The summed E-state index contributed by atoms with van der Waals surface area (Å²) in [7, 11) is 0. The van der Waals surface area contributed by atoms with Crippen LogP contribution >= 0.6 is 0 Å². The Morgan fingerprint density at radius 1 is 1.04 bits per heavy atom. The number of carbonyl (C=O) groups is 1. The molecule has 0 atom stereocenters. The molecule has 0 aliphatic carbocycles. The molecular formula is C20H20O6. The van der Waals surface area contributed by atoms with E-state index < -0.39 is 5.78 Å². The van der Waals surface area contributed by atoms with Crippen LogP contribution in [-0.2, 0) is 6.42 Å². The average molecular weight is 356 g/mol. The molecule has 0 saturated heterocycles. The highest BCUT2D eigenvalue weighted by Crippen LogP contribution is 2.32. The molecule has 0 heterocycles. The van der Waals surface area contributed by atoms with Crippen LogP contribution in [0.2, 0.25) is 0 Å². The summed E-state index contributed by atoms with van der Waals surface area (Å²) in [5, 5.41) is 48.2. The second-order valence-electron chi connectivity index (χ2n) is 5.81. The van der Waals surface area contributed by atoms with E-state index in [-0.39, 0.29) is 47.2 Å². The number of aliphatic hydroxyl groups is 1. The van der Waals surface area contributed by atoms with Crippen molar-refractivity contribution < 1.29 is 30.3 Å². The van der Waals surface area contributed by atoms with E-state index in [1.807, 2.05) is 0 Å². The zero-order valence-corrected chi connectivity index (χ0v) is 14.2. The van der Waals surface area contributed by atoms with E-state index in [9.17, 15) is 25.2 Å². The lowest BCUT2D eigenvalue weighted by atomic mass is 10.0. The molecule has 0 aliphatic heterocycles. The van der Waals surface area contributed by atoms with Gasteiger partial charge in [-0.25, -0.2) is 0 Å². The van der Waals surface area contributed by atoms with Crippen LogP contribution in [0.1, 0.15) is 28.4 Å². The van der Waals surface area contributed by atoms with Crippen molar-refractivity contribution in [3.05, 3.63) is 64.7 Å². The summed E-state index contributed by atoms with van der Waals surface area (Å²) >= 11 is 0. The molecule has 0 aromatic heterocycles. The Morgan fingerprint density at radius 3 is 2.42 bits per heavy atom. The summed E-state index contributed by atoms with van der Waals surface area (Å²) in [6.45, 7) is 1.56. The maximum Gasteiger partial charge on any atom is 0.189 e. The number of rotatable bonds is 6. The van der Waals surface area contributed by atoms with Crippen LogP contribution in [0.3, 0.4) is 0 Å². The number of hydrogen-bond acceptors (Lipinski definition) is 6. The molecule has 136 valence electrons. The number of ketones is 1. The zero-order valence-electron chi connectivity index (χ0n) is 14.2. The quantitative estimate of drug-likeness (QED) is 0.309. The summed E-state index contributed by atoms with van der Waals surface area (Å²) in [5.41, 5.74) is 1.19. The normalized spacial score (nSPS) is 11.8. The number of aromatic hydroxyl groups is 4. The second kappa shape index (κ2) is 8.22. The Morgan fingerprint density at radius 2 is 1.77 bits per heavy atom. The third-order valence-electron chi connectivity index (χ3n) is 3.86. The van der Waals surface area contributed by atoms with Gasteiger partial charge >= 0.3 is 0 Å². The predicted molar refractivity (Wildman–Crippen MR) is 97.5 cm³/mol. The molecule has 0 aliphatic rings. The van der Waals surface area contributed by atoms with Gasteiger partial charge in [0.2, 0.25) is 0 Å².